The topological polar surface area (TPSA) is 76.7 Å². The van der Waals surface area contributed by atoms with Crippen molar-refractivity contribution in [3.63, 3.8) is 0 Å². The third kappa shape index (κ3) is 5.32. The van der Waals surface area contributed by atoms with E-state index >= 15 is 0 Å². The highest BCUT2D eigenvalue weighted by atomic mass is 35.5. The SMILES string of the molecule is CC[NH+](CC)CCCNC(=O)c1ccc([N+](=O)[O-])cc1Cl. The summed E-state index contributed by atoms with van der Waals surface area (Å²) in [6, 6.07) is 3.85. The third-order valence-electron chi connectivity index (χ3n) is 3.40. The lowest BCUT2D eigenvalue weighted by Gasteiger charge is -2.15. The predicted molar refractivity (Wildman–Crippen MR) is 82.0 cm³/mol. The van der Waals surface area contributed by atoms with Crippen LogP contribution in [0.2, 0.25) is 5.02 Å². The molecule has 0 heterocycles. The number of non-ortho nitro benzene ring substituents is 1. The highest BCUT2D eigenvalue weighted by Crippen LogP contribution is 2.22. The van der Waals surface area contributed by atoms with Gasteiger partial charge >= 0.3 is 0 Å². The Balaban J connectivity index is 2.51. The van der Waals surface area contributed by atoms with Gasteiger partial charge < -0.3 is 10.2 Å². The normalized spacial score (nSPS) is 10.7. The van der Waals surface area contributed by atoms with Crippen LogP contribution >= 0.6 is 11.6 Å². The molecule has 1 aromatic carbocycles. The fraction of sp³-hybridized carbons (Fsp3) is 0.500. The molecule has 0 atom stereocenters. The highest BCUT2D eigenvalue weighted by Gasteiger charge is 2.14. The van der Waals surface area contributed by atoms with Crippen molar-refractivity contribution in [2.45, 2.75) is 20.3 Å². The Morgan fingerprint density at radius 1 is 1.38 bits per heavy atom. The van der Waals surface area contributed by atoms with Gasteiger partial charge in [0.05, 0.1) is 35.1 Å². The quantitative estimate of drug-likeness (QED) is 0.431. The van der Waals surface area contributed by atoms with Crippen molar-refractivity contribution in [3.8, 4) is 0 Å². The number of quaternary nitrogens is 1. The van der Waals surface area contributed by atoms with Crippen molar-refractivity contribution < 1.29 is 14.6 Å². The third-order valence-corrected chi connectivity index (χ3v) is 3.71. The van der Waals surface area contributed by atoms with Crippen LogP contribution in [0, 0.1) is 10.1 Å². The Bertz CT molecular complexity index is 504. The highest BCUT2D eigenvalue weighted by molar-refractivity contribution is 6.34. The van der Waals surface area contributed by atoms with Crippen molar-refractivity contribution in [2.24, 2.45) is 0 Å². The van der Waals surface area contributed by atoms with Crippen LogP contribution in [0.25, 0.3) is 0 Å². The molecule has 0 aliphatic carbocycles. The van der Waals surface area contributed by atoms with Crippen molar-refractivity contribution in [1.29, 1.82) is 0 Å². The first-order chi connectivity index (χ1) is 9.99. The Kier molecular flexibility index (Phi) is 7.11. The summed E-state index contributed by atoms with van der Waals surface area (Å²) in [5.74, 6) is -0.301. The minimum Gasteiger partial charge on any atom is -0.352 e. The van der Waals surface area contributed by atoms with Gasteiger partial charge in [-0.05, 0) is 19.9 Å². The lowest BCUT2D eigenvalue weighted by molar-refractivity contribution is -0.896. The maximum absolute atomic E-state index is 12.0. The number of nitro benzene ring substituents is 1. The summed E-state index contributed by atoms with van der Waals surface area (Å²) in [5, 5.41) is 13.5. The van der Waals surface area contributed by atoms with Crippen molar-refractivity contribution in [3.05, 3.63) is 38.9 Å². The Labute approximate surface area is 129 Å². The van der Waals surface area contributed by atoms with Crippen LogP contribution in [0.5, 0.6) is 0 Å². The standard InChI is InChI=1S/C14H20ClN3O3/c1-3-17(4-2)9-5-8-16-14(19)12-7-6-11(18(20)21)10-13(12)15/h6-7,10H,3-5,8-9H2,1-2H3,(H,16,19)/p+1. The zero-order valence-corrected chi connectivity index (χ0v) is 13.1. The van der Waals surface area contributed by atoms with Gasteiger partial charge in [0, 0.05) is 25.1 Å². The van der Waals surface area contributed by atoms with Gasteiger partial charge in [-0.2, -0.15) is 0 Å². The molecule has 0 radical (unpaired) electrons. The first-order valence-corrected chi connectivity index (χ1v) is 7.43. The Morgan fingerprint density at radius 2 is 2.05 bits per heavy atom. The van der Waals surface area contributed by atoms with E-state index < -0.39 is 4.92 Å². The number of carbonyl (C=O) groups excluding carboxylic acids is 1. The second-order valence-corrected chi connectivity index (χ2v) is 5.15. The fourth-order valence-electron chi connectivity index (χ4n) is 2.04. The van der Waals surface area contributed by atoms with E-state index in [1.807, 2.05) is 0 Å². The largest absolute Gasteiger partial charge is 0.352 e. The smallest absolute Gasteiger partial charge is 0.270 e. The van der Waals surface area contributed by atoms with E-state index in [-0.39, 0.29) is 22.2 Å². The van der Waals surface area contributed by atoms with Gasteiger partial charge in [-0.25, -0.2) is 0 Å². The average Bonchev–Trinajstić information content (AvgIpc) is 2.47. The molecule has 1 aromatic rings. The summed E-state index contributed by atoms with van der Waals surface area (Å²) < 4.78 is 0. The van der Waals surface area contributed by atoms with Gasteiger partial charge in [-0.1, -0.05) is 11.6 Å². The maximum Gasteiger partial charge on any atom is 0.270 e. The molecule has 2 N–H and O–H groups in total. The number of rotatable bonds is 8. The lowest BCUT2D eigenvalue weighted by Crippen LogP contribution is -3.11. The molecule has 6 nitrogen and oxygen atoms in total. The molecule has 0 saturated heterocycles. The molecule has 0 aromatic heterocycles. The summed E-state index contributed by atoms with van der Waals surface area (Å²) in [5.41, 5.74) is 0.138. The van der Waals surface area contributed by atoms with Gasteiger partial charge in [0.25, 0.3) is 11.6 Å². The number of carbonyl (C=O) groups is 1. The molecule has 0 unspecified atom stereocenters. The van der Waals surface area contributed by atoms with Crippen LogP contribution in [-0.2, 0) is 0 Å². The van der Waals surface area contributed by atoms with E-state index in [2.05, 4.69) is 19.2 Å². The summed E-state index contributed by atoms with van der Waals surface area (Å²) in [7, 11) is 0. The second-order valence-electron chi connectivity index (χ2n) is 4.74. The summed E-state index contributed by atoms with van der Waals surface area (Å²) in [6.07, 6.45) is 0.882. The first-order valence-electron chi connectivity index (χ1n) is 7.05. The lowest BCUT2D eigenvalue weighted by atomic mass is 10.2. The van der Waals surface area contributed by atoms with Crippen LogP contribution in [0.3, 0.4) is 0 Å². The molecule has 116 valence electrons. The van der Waals surface area contributed by atoms with E-state index in [1.54, 1.807) is 0 Å². The van der Waals surface area contributed by atoms with Crippen molar-refractivity contribution in [2.75, 3.05) is 26.2 Å². The summed E-state index contributed by atoms with van der Waals surface area (Å²) in [4.78, 5) is 23.5. The fourth-order valence-corrected chi connectivity index (χ4v) is 2.30. The van der Waals surface area contributed by atoms with Crippen LogP contribution in [0.1, 0.15) is 30.6 Å². The van der Waals surface area contributed by atoms with E-state index in [0.29, 0.717) is 6.54 Å². The van der Waals surface area contributed by atoms with Gasteiger partial charge in [-0.3, -0.25) is 14.9 Å². The number of hydrogen-bond donors (Lipinski definition) is 2. The van der Waals surface area contributed by atoms with Crippen LogP contribution in [-0.4, -0.2) is 37.0 Å². The Hall–Kier alpha value is -1.66. The van der Waals surface area contributed by atoms with E-state index in [1.165, 1.54) is 23.1 Å². The first kappa shape index (κ1) is 17.4. The van der Waals surface area contributed by atoms with E-state index in [0.717, 1.165) is 26.1 Å². The zero-order chi connectivity index (χ0) is 15.8. The molecule has 7 heteroatoms. The zero-order valence-electron chi connectivity index (χ0n) is 12.3. The number of benzene rings is 1. The second kappa shape index (κ2) is 8.59. The van der Waals surface area contributed by atoms with E-state index in [9.17, 15) is 14.9 Å². The molecule has 0 spiro atoms. The van der Waals surface area contributed by atoms with Gasteiger partial charge in [-0.15, -0.1) is 0 Å². The number of nitrogens with zero attached hydrogens (tertiary/aromatic N) is 1. The minimum atomic E-state index is -0.541. The molecule has 21 heavy (non-hydrogen) atoms. The molecule has 0 aliphatic rings. The van der Waals surface area contributed by atoms with Gasteiger partial charge in [0.1, 0.15) is 0 Å². The number of nitrogens with one attached hydrogen (secondary N) is 2. The average molecular weight is 315 g/mol. The van der Waals surface area contributed by atoms with Crippen LogP contribution in [0.15, 0.2) is 18.2 Å². The summed E-state index contributed by atoms with van der Waals surface area (Å²) in [6.45, 7) is 7.97. The molecule has 0 bridgehead atoms. The maximum atomic E-state index is 12.0. The Morgan fingerprint density at radius 3 is 2.57 bits per heavy atom. The van der Waals surface area contributed by atoms with Crippen LogP contribution < -0.4 is 10.2 Å². The monoisotopic (exact) mass is 314 g/mol. The van der Waals surface area contributed by atoms with Crippen molar-refractivity contribution in [1.82, 2.24) is 5.32 Å². The number of halogens is 1. The molecule has 1 rings (SSSR count). The molecular formula is C14H21ClN3O3+. The number of nitro groups is 1. The van der Waals surface area contributed by atoms with Crippen LogP contribution in [0.4, 0.5) is 5.69 Å². The number of amides is 1. The number of hydrogen-bond acceptors (Lipinski definition) is 3. The van der Waals surface area contributed by atoms with Gasteiger partial charge in [0.2, 0.25) is 0 Å². The summed E-state index contributed by atoms with van der Waals surface area (Å²) >= 11 is 5.91. The molecule has 0 saturated carbocycles. The van der Waals surface area contributed by atoms with E-state index in [4.69, 9.17) is 11.6 Å². The molecule has 1 amide bonds. The van der Waals surface area contributed by atoms with Crippen molar-refractivity contribution >= 4 is 23.2 Å². The minimum absolute atomic E-state index is 0.0936. The predicted octanol–water partition coefficient (Wildman–Crippen LogP) is 1.29. The molecule has 0 aliphatic heterocycles. The van der Waals surface area contributed by atoms with Gasteiger partial charge in [0.15, 0.2) is 0 Å². The molecular weight excluding hydrogens is 294 g/mol. The molecule has 0 fully saturated rings.